The molecule has 1 aliphatic rings. The molecule has 98 valence electrons. The zero-order valence-corrected chi connectivity index (χ0v) is 12.8. The van der Waals surface area contributed by atoms with Crippen LogP contribution in [0.1, 0.15) is 23.7 Å². The summed E-state index contributed by atoms with van der Waals surface area (Å²) in [6, 6.07) is 7.75. The molecule has 0 bridgehead atoms. The third kappa shape index (κ3) is 3.03. The molecule has 18 heavy (non-hydrogen) atoms. The van der Waals surface area contributed by atoms with E-state index in [-0.39, 0.29) is 5.91 Å². The summed E-state index contributed by atoms with van der Waals surface area (Å²) in [4.78, 5) is 14.3. The number of hydrogen-bond donors (Lipinski definition) is 1. The Kier molecular flexibility index (Phi) is 4.61. The van der Waals surface area contributed by atoms with Crippen molar-refractivity contribution in [2.75, 3.05) is 19.6 Å². The molecule has 1 heterocycles. The second kappa shape index (κ2) is 6.02. The highest BCUT2D eigenvalue weighted by atomic mass is 127. The molecule has 0 aliphatic carbocycles. The molecule has 2 rings (SSSR count). The van der Waals surface area contributed by atoms with Crippen molar-refractivity contribution in [1.82, 2.24) is 4.90 Å². The van der Waals surface area contributed by atoms with Crippen LogP contribution < -0.4 is 5.73 Å². The first-order valence-electron chi connectivity index (χ1n) is 6.36. The number of benzene rings is 1. The van der Waals surface area contributed by atoms with E-state index >= 15 is 0 Å². The normalized spacial score (nSPS) is 24.1. The Bertz CT molecular complexity index is 418. The quantitative estimate of drug-likeness (QED) is 0.825. The number of halogens is 1. The van der Waals surface area contributed by atoms with Gasteiger partial charge in [0.05, 0.1) is 0 Å². The van der Waals surface area contributed by atoms with Gasteiger partial charge in [-0.25, -0.2) is 0 Å². The minimum atomic E-state index is 0.136. The molecule has 0 radical (unpaired) electrons. The highest BCUT2D eigenvalue weighted by Crippen LogP contribution is 2.23. The van der Waals surface area contributed by atoms with Gasteiger partial charge in [-0.05, 0) is 71.7 Å². The highest BCUT2D eigenvalue weighted by molar-refractivity contribution is 14.1. The predicted octanol–water partition coefficient (Wildman–Crippen LogP) is 2.35. The van der Waals surface area contributed by atoms with Crippen LogP contribution in [0.3, 0.4) is 0 Å². The number of rotatable bonds is 2. The van der Waals surface area contributed by atoms with Crippen molar-refractivity contribution in [2.45, 2.75) is 13.3 Å². The Morgan fingerprint density at radius 3 is 2.72 bits per heavy atom. The second-order valence-corrected chi connectivity index (χ2v) is 6.27. The van der Waals surface area contributed by atoms with Crippen LogP contribution in [0.25, 0.3) is 0 Å². The van der Waals surface area contributed by atoms with Gasteiger partial charge in [-0.15, -0.1) is 0 Å². The zero-order chi connectivity index (χ0) is 13.1. The van der Waals surface area contributed by atoms with E-state index in [1.807, 2.05) is 29.2 Å². The van der Waals surface area contributed by atoms with Crippen LogP contribution in [0.15, 0.2) is 24.3 Å². The van der Waals surface area contributed by atoms with Gasteiger partial charge in [-0.2, -0.15) is 0 Å². The Labute approximate surface area is 122 Å². The fraction of sp³-hybridized carbons (Fsp3) is 0.500. The van der Waals surface area contributed by atoms with Gasteiger partial charge in [0.2, 0.25) is 0 Å². The van der Waals surface area contributed by atoms with E-state index in [1.54, 1.807) is 0 Å². The van der Waals surface area contributed by atoms with Crippen molar-refractivity contribution in [2.24, 2.45) is 17.6 Å². The van der Waals surface area contributed by atoms with Crippen molar-refractivity contribution in [1.29, 1.82) is 0 Å². The molecular weight excluding hydrogens is 339 g/mol. The van der Waals surface area contributed by atoms with E-state index in [1.165, 1.54) is 0 Å². The van der Waals surface area contributed by atoms with Crippen molar-refractivity contribution in [3.05, 3.63) is 33.4 Å². The van der Waals surface area contributed by atoms with Crippen LogP contribution in [0, 0.1) is 15.4 Å². The van der Waals surface area contributed by atoms with Crippen molar-refractivity contribution in [3.8, 4) is 0 Å². The number of amides is 1. The maximum Gasteiger partial charge on any atom is 0.253 e. The zero-order valence-electron chi connectivity index (χ0n) is 10.6. The van der Waals surface area contributed by atoms with Crippen LogP contribution in [0.4, 0.5) is 0 Å². The Hall–Kier alpha value is -0.620. The first kappa shape index (κ1) is 13.8. The van der Waals surface area contributed by atoms with Crippen molar-refractivity contribution >= 4 is 28.5 Å². The van der Waals surface area contributed by atoms with E-state index < -0.39 is 0 Å². The van der Waals surface area contributed by atoms with Gasteiger partial charge in [-0.1, -0.05) is 6.92 Å². The first-order valence-corrected chi connectivity index (χ1v) is 7.44. The maximum absolute atomic E-state index is 12.4. The molecule has 1 aromatic carbocycles. The third-order valence-corrected chi connectivity index (χ3v) is 4.51. The van der Waals surface area contributed by atoms with E-state index in [0.717, 1.165) is 28.6 Å². The summed E-state index contributed by atoms with van der Waals surface area (Å²) in [6.45, 7) is 4.53. The molecular formula is C14H19IN2O. The molecule has 1 aliphatic heterocycles. The van der Waals surface area contributed by atoms with Crippen molar-refractivity contribution < 1.29 is 4.79 Å². The van der Waals surface area contributed by atoms with Gasteiger partial charge < -0.3 is 10.6 Å². The van der Waals surface area contributed by atoms with Gasteiger partial charge in [0.1, 0.15) is 0 Å². The smallest absolute Gasteiger partial charge is 0.253 e. The average Bonchev–Trinajstić information content (AvgIpc) is 2.39. The van der Waals surface area contributed by atoms with Gasteiger partial charge in [0, 0.05) is 22.2 Å². The standard InChI is InChI=1S/C14H19IN2O/c1-10-6-7-17(9-12(10)8-16)14(18)11-2-4-13(15)5-3-11/h2-5,10,12H,6-9,16H2,1H3. The SMILES string of the molecule is CC1CCN(C(=O)c2ccc(I)cc2)CC1CN. The topological polar surface area (TPSA) is 46.3 Å². The maximum atomic E-state index is 12.4. The molecule has 2 N–H and O–H groups in total. The summed E-state index contributed by atoms with van der Waals surface area (Å²) in [5.74, 6) is 1.19. The molecule has 2 unspecified atom stereocenters. The molecule has 2 atom stereocenters. The predicted molar refractivity (Wildman–Crippen MR) is 81.4 cm³/mol. The lowest BCUT2D eigenvalue weighted by molar-refractivity contribution is 0.0618. The van der Waals surface area contributed by atoms with E-state index in [2.05, 4.69) is 29.5 Å². The van der Waals surface area contributed by atoms with Gasteiger partial charge in [0.25, 0.3) is 5.91 Å². The summed E-state index contributed by atoms with van der Waals surface area (Å²) in [5.41, 5.74) is 6.55. The monoisotopic (exact) mass is 358 g/mol. The van der Waals surface area contributed by atoms with Crippen LogP contribution in [0.2, 0.25) is 0 Å². The highest BCUT2D eigenvalue weighted by Gasteiger charge is 2.28. The molecule has 1 saturated heterocycles. The van der Waals surface area contributed by atoms with Crippen LogP contribution in [-0.4, -0.2) is 30.4 Å². The molecule has 1 amide bonds. The lowest BCUT2D eigenvalue weighted by Gasteiger charge is -2.36. The molecule has 4 heteroatoms. The fourth-order valence-corrected chi connectivity index (χ4v) is 2.78. The molecule has 0 aromatic heterocycles. The summed E-state index contributed by atoms with van der Waals surface area (Å²) >= 11 is 2.24. The Balaban J connectivity index is 2.07. The second-order valence-electron chi connectivity index (χ2n) is 5.02. The number of hydrogen-bond acceptors (Lipinski definition) is 2. The molecule has 3 nitrogen and oxygen atoms in total. The first-order chi connectivity index (χ1) is 8.61. The van der Waals surface area contributed by atoms with E-state index in [4.69, 9.17) is 5.73 Å². The summed E-state index contributed by atoms with van der Waals surface area (Å²) in [6.07, 6.45) is 1.05. The molecule has 1 aromatic rings. The summed E-state index contributed by atoms with van der Waals surface area (Å²) < 4.78 is 1.15. The largest absolute Gasteiger partial charge is 0.338 e. The molecule has 0 spiro atoms. The third-order valence-electron chi connectivity index (χ3n) is 3.80. The van der Waals surface area contributed by atoms with Crippen LogP contribution >= 0.6 is 22.6 Å². The minimum absolute atomic E-state index is 0.136. The molecule has 0 saturated carbocycles. The summed E-state index contributed by atoms with van der Waals surface area (Å²) in [5, 5.41) is 0. The lowest BCUT2D eigenvalue weighted by Crippen LogP contribution is -2.45. The average molecular weight is 358 g/mol. The molecule has 1 fully saturated rings. The van der Waals surface area contributed by atoms with E-state index in [9.17, 15) is 4.79 Å². The van der Waals surface area contributed by atoms with Gasteiger partial charge >= 0.3 is 0 Å². The minimum Gasteiger partial charge on any atom is -0.338 e. The van der Waals surface area contributed by atoms with Gasteiger partial charge in [-0.3, -0.25) is 4.79 Å². The van der Waals surface area contributed by atoms with E-state index in [0.29, 0.717) is 18.4 Å². The van der Waals surface area contributed by atoms with Crippen LogP contribution in [-0.2, 0) is 0 Å². The Morgan fingerprint density at radius 1 is 1.44 bits per heavy atom. The lowest BCUT2D eigenvalue weighted by atomic mass is 9.87. The Morgan fingerprint density at radius 2 is 2.11 bits per heavy atom. The summed E-state index contributed by atoms with van der Waals surface area (Å²) in [7, 11) is 0. The number of carbonyl (C=O) groups is 1. The number of nitrogens with two attached hydrogens (primary N) is 1. The number of piperidine rings is 1. The number of nitrogens with zero attached hydrogens (tertiary/aromatic N) is 1. The fourth-order valence-electron chi connectivity index (χ4n) is 2.42. The van der Waals surface area contributed by atoms with Crippen molar-refractivity contribution in [3.63, 3.8) is 0 Å². The number of likely N-dealkylation sites (tertiary alicyclic amines) is 1. The van der Waals surface area contributed by atoms with Gasteiger partial charge in [0.15, 0.2) is 0 Å². The van der Waals surface area contributed by atoms with Crippen LogP contribution in [0.5, 0.6) is 0 Å². The number of carbonyl (C=O) groups excluding carboxylic acids is 1.